The average molecular weight is 442 g/mol. The number of halogens is 1. The summed E-state index contributed by atoms with van der Waals surface area (Å²) >= 11 is 5.94. The Hall–Kier alpha value is -3.00. The molecule has 4 rings (SSSR count). The summed E-state index contributed by atoms with van der Waals surface area (Å²) in [6.07, 6.45) is 5.97. The Morgan fingerprint density at radius 3 is 2.68 bits per heavy atom. The van der Waals surface area contributed by atoms with Crippen LogP contribution in [0.4, 0.5) is 0 Å². The molecule has 4 heterocycles. The van der Waals surface area contributed by atoms with Crippen molar-refractivity contribution in [2.24, 2.45) is 21.3 Å². The van der Waals surface area contributed by atoms with E-state index in [-0.39, 0.29) is 12.5 Å². The second kappa shape index (κ2) is 8.26. The van der Waals surface area contributed by atoms with Crippen LogP contribution >= 0.6 is 11.6 Å². The number of aromatic nitrogens is 3. The molecule has 2 aliphatic rings. The third kappa shape index (κ3) is 4.54. The molecule has 1 unspecified atom stereocenters. The first-order valence-corrected chi connectivity index (χ1v) is 10.5. The lowest BCUT2D eigenvalue weighted by atomic mass is 9.91. The van der Waals surface area contributed by atoms with E-state index in [1.807, 2.05) is 19.2 Å². The molecule has 2 aromatic rings. The van der Waals surface area contributed by atoms with Gasteiger partial charge in [0.1, 0.15) is 17.6 Å². The van der Waals surface area contributed by atoms with Crippen molar-refractivity contribution in [3.63, 3.8) is 0 Å². The lowest BCUT2D eigenvalue weighted by molar-refractivity contribution is -0.148. The van der Waals surface area contributed by atoms with Crippen molar-refractivity contribution in [3.05, 3.63) is 41.1 Å². The van der Waals surface area contributed by atoms with E-state index < -0.39 is 11.4 Å². The number of nitrogens with one attached hydrogen (secondary N) is 1. The number of carboxylic acids is 1. The van der Waals surface area contributed by atoms with Gasteiger partial charge in [-0.15, -0.1) is 0 Å². The Morgan fingerprint density at radius 1 is 1.23 bits per heavy atom. The maximum atomic E-state index is 11.3. The lowest BCUT2D eigenvalue weighted by Crippen LogP contribution is -2.32. The summed E-state index contributed by atoms with van der Waals surface area (Å²) in [5.74, 6) is 0.492. The molecule has 2 N–H and O–H groups in total. The van der Waals surface area contributed by atoms with E-state index in [9.17, 15) is 9.90 Å². The monoisotopic (exact) mass is 441 g/mol. The molecule has 2 aliphatic heterocycles. The van der Waals surface area contributed by atoms with Crippen molar-refractivity contribution < 1.29 is 14.6 Å². The van der Waals surface area contributed by atoms with Gasteiger partial charge in [-0.2, -0.15) is 0 Å². The van der Waals surface area contributed by atoms with Gasteiger partial charge in [-0.1, -0.05) is 18.5 Å². The summed E-state index contributed by atoms with van der Waals surface area (Å²) in [6, 6.07) is 3.60. The van der Waals surface area contributed by atoms with Crippen LogP contribution in [0.1, 0.15) is 45.9 Å². The molecule has 1 atom stereocenters. The van der Waals surface area contributed by atoms with E-state index >= 15 is 0 Å². The molecule has 0 saturated heterocycles. The van der Waals surface area contributed by atoms with Crippen molar-refractivity contribution >= 4 is 45.9 Å². The van der Waals surface area contributed by atoms with E-state index in [1.165, 1.54) is 0 Å². The molecule has 0 aromatic carbocycles. The van der Waals surface area contributed by atoms with Crippen molar-refractivity contribution in [1.29, 1.82) is 0 Å². The molecule has 9 heteroatoms. The van der Waals surface area contributed by atoms with Crippen LogP contribution in [-0.4, -0.2) is 44.2 Å². The highest BCUT2D eigenvalue weighted by atomic mass is 35.5. The summed E-state index contributed by atoms with van der Waals surface area (Å²) < 4.78 is 5.71. The minimum Gasteiger partial charge on any atom is -0.481 e. The summed E-state index contributed by atoms with van der Waals surface area (Å²) in [6.45, 7) is 5.38. The highest BCUT2D eigenvalue weighted by Crippen LogP contribution is 2.29. The molecule has 0 bridgehead atoms. The molecule has 0 aliphatic carbocycles. The lowest BCUT2D eigenvalue weighted by Gasteiger charge is -2.25. The zero-order chi connectivity index (χ0) is 22.2. The van der Waals surface area contributed by atoms with Gasteiger partial charge in [0.25, 0.3) is 0 Å². The van der Waals surface area contributed by atoms with E-state index in [4.69, 9.17) is 16.3 Å². The highest BCUT2D eigenvalue weighted by Gasteiger charge is 2.30. The smallest absolute Gasteiger partial charge is 0.312 e. The number of aromatic amines is 1. The minimum absolute atomic E-state index is 0.0591. The number of hydrogen-bond donors (Lipinski definition) is 2. The van der Waals surface area contributed by atoms with E-state index in [0.717, 1.165) is 47.5 Å². The Morgan fingerprint density at radius 2 is 2.00 bits per heavy atom. The number of nitrogens with zero attached hydrogens (tertiary/aromatic N) is 4. The normalized spacial score (nSPS) is 19.4. The summed E-state index contributed by atoms with van der Waals surface area (Å²) in [4.78, 5) is 32.4. The molecule has 8 nitrogen and oxygen atoms in total. The van der Waals surface area contributed by atoms with E-state index in [1.54, 1.807) is 26.1 Å². The number of pyridine rings is 1. The van der Waals surface area contributed by atoms with Gasteiger partial charge >= 0.3 is 5.97 Å². The van der Waals surface area contributed by atoms with Gasteiger partial charge in [-0.25, -0.2) is 15.0 Å². The average Bonchev–Trinajstić information content (AvgIpc) is 3.16. The summed E-state index contributed by atoms with van der Waals surface area (Å²) in [5, 5.41) is 9.65. The molecule has 31 heavy (non-hydrogen) atoms. The predicted molar refractivity (Wildman–Crippen MR) is 120 cm³/mol. The Balaban J connectivity index is 1.48. The van der Waals surface area contributed by atoms with Gasteiger partial charge in [0.2, 0.25) is 0 Å². The molecule has 162 valence electrons. The number of ether oxygens (including phenoxy) is 1. The van der Waals surface area contributed by atoms with E-state index in [0.29, 0.717) is 16.7 Å². The number of hydrogen-bond acceptors (Lipinski definition) is 6. The SMILES string of the molecule is CC1CC(C2=NC=C(c3nc4nc(Cl)ccc4[nH]3)CC2)=CN=C1OCC(C)(C)C(=O)O. The molecule has 0 saturated carbocycles. The van der Waals surface area contributed by atoms with Crippen LogP contribution in [0.5, 0.6) is 0 Å². The fourth-order valence-electron chi connectivity index (χ4n) is 3.41. The van der Waals surface area contributed by atoms with E-state index in [2.05, 4.69) is 24.9 Å². The zero-order valence-electron chi connectivity index (χ0n) is 17.6. The number of allylic oxidation sites excluding steroid dienone is 2. The number of aliphatic imine (C=N–C) groups is 2. The number of imidazole rings is 1. The molecular formula is C22H24ClN5O3. The van der Waals surface area contributed by atoms with Gasteiger partial charge in [0, 0.05) is 29.6 Å². The number of rotatable bonds is 5. The van der Waals surface area contributed by atoms with Crippen LogP contribution < -0.4 is 0 Å². The highest BCUT2D eigenvalue weighted by molar-refractivity contribution is 6.29. The van der Waals surface area contributed by atoms with Crippen molar-refractivity contribution in [2.45, 2.75) is 40.0 Å². The number of H-pyrrole nitrogens is 1. The summed E-state index contributed by atoms with van der Waals surface area (Å²) in [7, 11) is 0. The van der Waals surface area contributed by atoms with Gasteiger partial charge in [0.05, 0.1) is 10.9 Å². The number of carbonyl (C=O) groups is 1. The van der Waals surface area contributed by atoms with Crippen molar-refractivity contribution in [3.8, 4) is 0 Å². The van der Waals surface area contributed by atoms with Gasteiger partial charge in [-0.3, -0.25) is 9.79 Å². The molecular weight excluding hydrogens is 418 g/mol. The maximum Gasteiger partial charge on any atom is 0.312 e. The molecule has 2 aromatic heterocycles. The molecule has 0 radical (unpaired) electrons. The van der Waals surface area contributed by atoms with Crippen LogP contribution in [0.25, 0.3) is 16.7 Å². The van der Waals surface area contributed by atoms with Gasteiger partial charge in [0.15, 0.2) is 11.5 Å². The zero-order valence-corrected chi connectivity index (χ0v) is 18.4. The van der Waals surface area contributed by atoms with Crippen LogP contribution in [-0.2, 0) is 9.53 Å². The maximum absolute atomic E-state index is 11.3. The van der Waals surface area contributed by atoms with Gasteiger partial charge in [-0.05, 0) is 50.8 Å². The fourth-order valence-corrected chi connectivity index (χ4v) is 3.55. The standard InChI is InChI=1S/C22H24ClN5O3/c1-12-8-14(10-25-20(12)31-11-22(2,3)21(29)30)15-5-4-13(9-24-15)18-26-16-6-7-17(23)27-19(16)28-18/h6-7,9-10,12H,4-5,8,11H2,1-3H3,(H,29,30)(H,26,27,28). The molecule has 0 spiro atoms. The third-order valence-corrected chi connectivity index (χ3v) is 5.66. The number of aliphatic carboxylic acids is 1. The fraction of sp³-hybridized carbons (Fsp3) is 0.409. The third-order valence-electron chi connectivity index (χ3n) is 5.45. The van der Waals surface area contributed by atoms with Crippen molar-refractivity contribution in [1.82, 2.24) is 15.0 Å². The molecule has 0 fully saturated rings. The predicted octanol–water partition coefficient (Wildman–Crippen LogP) is 4.64. The minimum atomic E-state index is -0.960. The topological polar surface area (TPSA) is 113 Å². The Labute approximate surface area is 184 Å². The van der Waals surface area contributed by atoms with Crippen LogP contribution in [0.3, 0.4) is 0 Å². The second-order valence-electron chi connectivity index (χ2n) is 8.53. The Bertz CT molecular complexity index is 1160. The van der Waals surface area contributed by atoms with Gasteiger partial charge < -0.3 is 14.8 Å². The number of carboxylic acid groups (broad SMARTS) is 1. The number of fused-ring (bicyclic) bond motifs is 1. The second-order valence-corrected chi connectivity index (χ2v) is 8.91. The Kier molecular flexibility index (Phi) is 5.66. The van der Waals surface area contributed by atoms with Crippen LogP contribution in [0.15, 0.2) is 40.1 Å². The largest absolute Gasteiger partial charge is 0.481 e. The van der Waals surface area contributed by atoms with Crippen LogP contribution in [0, 0.1) is 11.3 Å². The quantitative estimate of drug-likeness (QED) is 0.656. The summed E-state index contributed by atoms with van der Waals surface area (Å²) in [5.41, 5.74) is 3.57. The first-order chi connectivity index (χ1) is 14.7. The first kappa shape index (κ1) is 21.2. The first-order valence-electron chi connectivity index (χ1n) is 10.1. The van der Waals surface area contributed by atoms with Crippen molar-refractivity contribution in [2.75, 3.05) is 6.61 Å². The van der Waals surface area contributed by atoms with Crippen LogP contribution in [0.2, 0.25) is 5.15 Å². The molecule has 0 amide bonds.